The SMILES string of the molecule is CNCc1ccc(S(=O)(=O)NC(C)(C)C2CC2)cc1. The Kier molecular flexibility index (Phi) is 3.99. The van der Waals surface area contributed by atoms with E-state index >= 15 is 0 Å². The van der Waals surface area contributed by atoms with Gasteiger partial charge in [-0.1, -0.05) is 12.1 Å². The first-order valence-electron chi connectivity index (χ1n) is 6.63. The van der Waals surface area contributed by atoms with Gasteiger partial charge in [0.1, 0.15) is 0 Å². The summed E-state index contributed by atoms with van der Waals surface area (Å²) in [5.41, 5.74) is 0.713. The lowest BCUT2D eigenvalue weighted by Gasteiger charge is -2.25. The quantitative estimate of drug-likeness (QED) is 0.837. The summed E-state index contributed by atoms with van der Waals surface area (Å²) in [6, 6.07) is 7.01. The zero-order valence-electron chi connectivity index (χ0n) is 11.7. The first-order chi connectivity index (χ1) is 8.85. The van der Waals surface area contributed by atoms with Crippen LogP contribution in [0.1, 0.15) is 32.3 Å². The highest BCUT2D eigenvalue weighted by Gasteiger charge is 2.40. The maximum absolute atomic E-state index is 12.3. The van der Waals surface area contributed by atoms with Gasteiger partial charge in [0.2, 0.25) is 10.0 Å². The number of sulfonamides is 1. The lowest BCUT2D eigenvalue weighted by atomic mass is 10.0. The van der Waals surface area contributed by atoms with Crippen molar-refractivity contribution < 1.29 is 8.42 Å². The minimum Gasteiger partial charge on any atom is -0.316 e. The zero-order valence-corrected chi connectivity index (χ0v) is 12.5. The van der Waals surface area contributed by atoms with Crippen LogP contribution in [0.3, 0.4) is 0 Å². The van der Waals surface area contributed by atoms with Crippen LogP contribution in [-0.2, 0) is 16.6 Å². The second-order valence-corrected chi connectivity index (χ2v) is 7.46. The van der Waals surface area contributed by atoms with Crippen LogP contribution in [0.5, 0.6) is 0 Å². The molecule has 0 radical (unpaired) electrons. The van der Waals surface area contributed by atoms with Crippen LogP contribution < -0.4 is 10.0 Å². The Bertz CT molecular complexity index is 531. The van der Waals surface area contributed by atoms with Gasteiger partial charge in [0.15, 0.2) is 0 Å². The second-order valence-electron chi connectivity index (χ2n) is 5.78. The lowest BCUT2D eigenvalue weighted by Crippen LogP contribution is -2.45. The first kappa shape index (κ1) is 14.5. The van der Waals surface area contributed by atoms with Gasteiger partial charge in [0.25, 0.3) is 0 Å². The highest BCUT2D eigenvalue weighted by molar-refractivity contribution is 7.89. The van der Waals surface area contributed by atoms with Crippen molar-refractivity contribution in [2.75, 3.05) is 7.05 Å². The third-order valence-electron chi connectivity index (χ3n) is 3.61. The van der Waals surface area contributed by atoms with Crippen LogP contribution >= 0.6 is 0 Å². The predicted molar refractivity (Wildman–Crippen MR) is 76.3 cm³/mol. The van der Waals surface area contributed by atoms with Crippen molar-refractivity contribution in [3.8, 4) is 0 Å². The van der Waals surface area contributed by atoms with E-state index in [1.54, 1.807) is 12.1 Å². The van der Waals surface area contributed by atoms with Gasteiger partial charge in [-0.05, 0) is 57.4 Å². The third kappa shape index (κ3) is 3.55. The molecule has 19 heavy (non-hydrogen) atoms. The Balaban J connectivity index is 2.14. The van der Waals surface area contributed by atoms with Gasteiger partial charge in [0.05, 0.1) is 4.90 Å². The van der Waals surface area contributed by atoms with E-state index in [2.05, 4.69) is 10.0 Å². The van der Waals surface area contributed by atoms with Crippen LogP contribution in [0.4, 0.5) is 0 Å². The maximum Gasteiger partial charge on any atom is 0.241 e. The van der Waals surface area contributed by atoms with E-state index < -0.39 is 10.0 Å². The van der Waals surface area contributed by atoms with E-state index in [0.29, 0.717) is 10.8 Å². The Morgan fingerprint density at radius 2 is 1.79 bits per heavy atom. The summed E-state index contributed by atoms with van der Waals surface area (Å²) in [5.74, 6) is 0.464. The molecular formula is C14H22N2O2S. The van der Waals surface area contributed by atoms with Gasteiger partial charge in [-0.3, -0.25) is 0 Å². The van der Waals surface area contributed by atoms with Crippen LogP contribution in [0.2, 0.25) is 0 Å². The highest BCUT2D eigenvalue weighted by Crippen LogP contribution is 2.39. The van der Waals surface area contributed by atoms with Gasteiger partial charge < -0.3 is 5.32 Å². The fraction of sp³-hybridized carbons (Fsp3) is 0.571. The van der Waals surface area contributed by atoms with Crippen molar-refractivity contribution in [3.63, 3.8) is 0 Å². The molecule has 2 N–H and O–H groups in total. The summed E-state index contributed by atoms with van der Waals surface area (Å²) in [7, 11) is -1.56. The summed E-state index contributed by atoms with van der Waals surface area (Å²) in [6.07, 6.45) is 2.22. The monoisotopic (exact) mass is 282 g/mol. The van der Waals surface area contributed by atoms with Gasteiger partial charge in [0, 0.05) is 12.1 Å². The van der Waals surface area contributed by atoms with Gasteiger partial charge >= 0.3 is 0 Å². The average Bonchev–Trinajstić information content (AvgIpc) is 3.12. The number of benzene rings is 1. The molecule has 4 nitrogen and oxygen atoms in total. The van der Waals surface area contributed by atoms with Gasteiger partial charge in [-0.15, -0.1) is 0 Å². The lowest BCUT2D eigenvalue weighted by molar-refractivity contribution is 0.400. The molecular weight excluding hydrogens is 260 g/mol. The number of hydrogen-bond acceptors (Lipinski definition) is 3. The fourth-order valence-corrected chi connectivity index (χ4v) is 3.76. The molecule has 1 saturated carbocycles. The minimum absolute atomic E-state index is 0.334. The summed E-state index contributed by atoms with van der Waals surface area (Å²) in [4.78, 5) is 0.334. The van der Waals surface area contributed by atoms with Crippen molar-refractivity contribution in [1.82, 2.24) is 10.0 Å². The molecule has 0 unspecified atom stereocenters. The Morgan fingerprint density at radius 3 is 2.26 bits per heavy atom. The molecule has 2 rings (SSSR count). The third-order valence-corrected chi connectivity index (χ3v) is 5.30. The van der Waals surface area contributed by atoms with Crippen molar-refractivity contribution in [2.24, 2.45) is 5.92 Å². The largest absolute Gasteiger partial charge is 0.316 e. The van der Waals surface area contributed by atoms with E-state index in [-0.39, 0.29) is 5.54 Å². The predicted octanol–water partition coefficient (Wildman–Crippen LogP) is 1.87. The van der Waals surface area contributed by atoms with Crippen LogP contribution in [0.15, 0.2) is 29.2 Å². The van der Waals surface area contributed by atoms with Crippen LogP contribution in [0.25, 0.3) is 0 Å². The summed E-state index contributed by atoms with van der Waals surface area (Å²) < 4.78 is 27.5. The van der Waals surface area contributed by atoms with Crippen LogP contribution in [-0.4, -0.2) is 21.0 Å². The average molecular weight is 282 g/mol. The summed E-state index contributed by atoms with van der Waals surface area (Å²) >= 11 is 0. The van der Waals surface area contributed by atoms with Crippen molar-refractivity contribution >= 4 is 10.0 Å². The molecule has 1 fully saturated rings. The smallest absolute Gasteiger partial charge is 0.241 e. The summed E-state index contributed by atoms with van der Waals surface area (Å²) in [6.45, 7) is 4.65. The number of rotatable bonds is 6. The number of nitrogens with one attached hydrogen (secondary N) is 2. The minimum atomic E-state index is -3.43. The molecule has 0 bridgehead atoms. The molecule has 0 spiro atoms. The zero-order chi connectivity index (χ0) is 14.1. The van der Waals surface area contributed by atoms with Crippen LogP contribution in [0, 0.1) is 5.92 Å². The molecule has 1 aromatic rings. The van der Waals surface area contributed by atoms with E-state index in [1.807, 2.05) is 33.0 Å². The first-order valence-corrected chi connectivity index (χ1v) is 8.11. The van der Waals surface area contributed by atoms with Crippen molar-refractivity contribution in [3.05, 3.63) is 29.8 Å². The highest BCUT2D eigenvalue weighted by atomic mass is 32.2. The molecule has 5 heteroatoms. The Hall–Kier alpha value is -0.910. The molecule has 1 aliphatic carbocycles. The molecule has 0 saturated heterocycles. The molecule has 0 atom stereocenters. The topological polar surface area (TPSA) is 58.2 Å². The molecule has 0 amide bonds. The second kappa shape index (κ2) is 5.23. The number of hydrogen-bond donors (Lipinski definition) is 2. The van der Waals surface area contributed by atoms with Gasteiger partial charge in [-0.25, -0.2) is 13.1 Å². The van der Waals surface area contributed by atoms with Gasteiger partial charge in [-0.2, -0.15) is 0 Å². The van der Waals surface area contributed by atoms with E-state index in [4.69, 9.17) is 0 Å². The fourth-order valence-electron chi connectivity index (χ4n) is 2.28. The standard InChI is InChI=1S/C14H22N2O2S/c1-14(2,12-6-7-12)16-19(17,18)13-8-4-11(5-9-13)10-15-3/h4-5,8-9,12,15-16H,6-7,10H2,1-3H3. The van der Waals surface area contributed by atoms with E-state index in [0.717, 1.165) is 24.9 Å². The maximum atomic E-state index is 12.3. The van der Waals surface area contributed by atoms with E-state index in [9.17, 15) is 8.42 Å². The normalized spacial score (nSPS) is 16.6. The Morgan fingerprint density at radius 1 is 1.21 bits per heavy atom. The molecule has 1 aromatic carbocycles. The molecule has 0 aliphatic heterocycles. The Labute approximate surface area is 115 Å². The van der Waals surface area contributed by atoms with E-state index in [1.165, 1.54) is 0 Å². The molecule has 1 aliphatic rings. The molecule has 106 valence electrons. The van der Waals surface area contributed by atoms with Crippen molar-refractivity contribution in [1.29, 1.82) is 0 Å². The summed E-state index contributed by atoms with van der Waals surface area (Å²) in [5, 5.41) is 3.04. The molecule has 0 aromatic heterocycles. The molecule has 0 heterocycles. The van der Waals surface area contributed by atoms with Crippen molar-refractivity contribution in [2.45, 2.75) is 43.7 Å².